The van der Waals surface area contributed by atoms with Gasteiger partial charge in [0, 0.05) is 11.8 Å². The summed E-state index contributed by atoms with van der Waals surface area (Å²) in [6, 6.07) is 5.13. The molecule has 0 aliphatic carbocycles. The number of hydrogen-bond donors (Lipinski definition) is 3. The lowest BCUT2D eigenvalue weighted by atomic mass is 10.1. The van der Waals surface area contributed by atoms with Crippen LogP contribution >= 0.6 is 0 Å². The number of hydrazine groups is 1. The summed E-state index contributed by atoms with van der Waals surface area (Å²) in [5.74, 6) is 2.71. The van der Waals surface area contributed by atoms with E-state index in [9.17, 15) is 13.6 Å². The van der Waals surface area contributed by atoms with Gasteiger partial charge in [-0.05, 0) is 30.7 Å². The molecule has 0 bridgehead atoms. The Morgan fingerprint density at radius 3 is 2.40 bits per heavy atom. The van der Waals surface area contributed by atoms with E-state index in [1.54, 1.807) is 18.3 Å². The number of halogens is 2. The van der Waals surface area contributed by atoms with E-state index in [2.05, 4.69) is 10.3 Å². The predicted molar refractivity (Wildman–Crippen MR) is 71.1 cm³/mol. The van der Waals surface area contributed by atoms with Crippen LogP contribution in [0.4, 0.5) is 20.3 Å². The smallest absolute Gasteiger partial charge is 0.257 e. The van der Waals surface area contributed by atoms with Crippen molar-refractivity contribution in [2.75, 3.05) is 10.7 Å². The normalized spacial score (nSPS) is 10.2. The third-order valence-electron chi connectivity index (χ3n) is 2.60. The van der Waals surface area contributed by atoms with E-state index in [-0.39, 0.29) is 5.56 Å². The third-order valence-corrected chi connectivity index (χ3v) is 2.60. The molecule has 0 atom stereocenters. The van der Waals surface area contributed by atoms with Crippen molar-refractivity contribution in [3.63, 3.8) is 0 Å². The van der Waals surface area contributed by atoms with Gasteiger partial charge in [-0.3, -0.25) is 10.6 Å². The van der Waals surface area contributed by atoms with Gasteiger partial charge in [-0.25, -0.2) is 13.8 Å². The number of nitrogens with one attached hydrogen (secondary N) is 2. The molecular weight excluding hydrogens is 266 g/mol. The van der Waals surface area contributed by atoms with E-state index < -0.39 is 23.2 Å². The summed E-state index contributed by atoms with van der Waals surface area (Å²) >= 11 is 0. The van der Waals surface area contributed by atoms with Crippen LogP contribution < -0.4 is 16.6 Å². The SMILES string of the molecule is Cc1ccc(NC(=O)c2cc(F)c(NN)c(F)c2)nc1. The minimum atomic E-state index is -0.950. The molecule has 0 unspecified atom stereocenters. The summed E-state index contributed by atoms with van der Waals surface area (Å²) in [5.41, 5.74) is 2.16. The maximum Gasteiger partial charge on any atom is 0.257 e. The zero-order valence-electron chi connectivity index (χ0n) is 10.6. The average molecular weight is 278 g/mol. The van der Waals surface area contributed by atoms with Gasteiger partial charge in [-0.15, -0.1) is 0 Å². The van der Waals surface area contributed by atoms with Crippen molar-refractivity contribution in [2.45, 2.75) is 6.92 Å². The summed E-state index contributed by atoms with van der Waals surface area (Å²) in [4.78, 5) is 15.8. The Bertz CT molecular complexity index is 620. The number of benzene rings is 1. The molecule has 2 rings (SSSR count). The van der Waals surface area contributed by atoms with Gasteiger partial charge in [-0.1, -0.05) is 6.07 Å². The lowest BCUT2D eigenvalue weighted by Crippen LogP contribution is -2.16. The Labute approximate surface area is 113 Å². The molecule has 0 saturated carbocycles. The molecule has 5 nitrogen and oxygen atoms in total. The van der Waals surface area contributed by atoms with E-state index in [1.807, 2.05) is 12.3 Å². The van der Waals surface area contributed by atoms with Crippen LogP contribution in [0.5, 0.6) is 0 Å². The first-order chi connectivity index (χ1) is 9.51. The quantitative estimate of drug-likeness (QED) is 0.594. The number of carbonyl (C=O) groups excluding carboxylic acids is 1. The van der Waals surface area contributed by atoms with Crippen molar-refractivity contribution >= 4 is 17.4 Å². The standard InChI is InChI=1S/C13H12F2N4O/c1-7-2-3-11(17-6-7)18-13(20)8-4-9(14)12(19-16)10(15)5-8/h2-6,19H,16H2,1H3,(H,17,18,20). The molecule has 1 amide bonds. The number of carbonyl (C=O) groups is 1. The average Bonchev–Trinajstić information content (AvgIpc) is 2.41. The molecule has 1 aromatic heterocycles. The lowest BCUT2D eigenvalue weighted by Gasteiger charge is -2.08. The van der Waals surface area contributed by atoms with Gasteiger partial charge in [0.05, 0.1) is 0 Å². The zero-order chi connectivity index (χ0) is 14.7. The molecular formula is C13H12F2N4O. The molecule has 0 saturated heterocycles. The number of nitrogens with zero attached hydrogens (tertiary/aromatic N) is 1. The Morgan fingerprint density at radius 2 is 1.90 bits per heavy atom. The number of amides is 1. The highest BCUT2D eigenvalue weighted by Crippen LogP contribution is 2.20. The van der Waals surface area contributed by atoms with E-state index in [4.69, 9.17) is 5.84 Å². The molecule has 4 N–H and O–H groups in total. The number of nitrogens with two attached hydrogens (primary N) is 1. The van der Waals surface area contributed by atoms with Crippen LogP contribution in [0.3, 0.4) is 0 Å². The number of aromatic nitrogens is 1. The van der Waals surface area contributed by atoms with Crippen LogP contribution in [0.2, 0.25) is 0 Å². The van der Waals surface area contributed by atoms with Crippen LogP contribution in [0.15, 0.2) is 30.5 Å². The molecule has 0 radical (unpaired) electrons. The highest BCUT2D eigenvalue weighted by Gasteiger charge is 2.15. The second-order valence-corrected chi connectivity index (χ2v) is 4.13. The molecule has 0 aliphatic heterocycles. The van der Waals surface area contributed by atoms with E-state index in [1.165, 1.54) is 0 Å². The summed E-state index contributed by atoms with van der Waals surface area (Å²) in [6.45, 7) is 1.85. The summed E-state index contributed by atoms with van der Waals surface area (Å²) in [7, 11) is 0. The maximum atomic E-state index is 13.5. The molecule has 0 spiro atoms. The minimum Gasteiger partial charge on any atom is -0.319 e. The zero-order valence-corrected chi connectivity index (χ0v) is 10.6. The fraction of sp³-hybridized carbons (Fsp3) is 0.0769. The third kappa shape index (κ3) is 2.89. The van der Waals surface area contributed by atoms with Crippen LogP contribution in [0, 0.1) is 18.6 Å². The van der Waals surface area contributed by atoms with Gasteiger partial charge < -0.3 is 10.7 Å². The first kappa shape index (κ1) is 13.9. The number of hydrogen-bond acceptors (Lipinski definition) is 4. The molecule has 2 aromatic rings. The highest BCUT2D eigenvalue weighted by molar-refractivity contribution is 6.04. The van der Waals surface area contributed by atoms with Crippen LogP contribution in [0.1, 0.15) is 15.9 Å². The molecule has 104 valence electrons. The number of rotatable bonds is 3. The minimum absolute atomic E-state index is 0.165. The van der Waals surface area contributed by atoms with Crippen LogP contribution in [-0.2, 0) is 0 Å². The van der Waals surface area contributed by atoms with E-state index in [0.29, 0.717) is 5.82 Å². The summed E-state index contributed by atoms with van der Waals surface area (Å²) < 4.78 is 27.0. The molecule has 0 fully saturated rings. The molecule has 7 heteroatoms. The van der Waals surface area contributed by atoms with E-state index >= 15 is 0 Å². The molecule has 0 aliphatic rings. The van der Waals surface area contributed by atoms with Gasteiger partial charge in [0.15, 0.2) is 11.6 Å². The Morgan fingerprint density at radius 1 is 1.25 bits per heavy atom. The number of anilines is 2. The van der Waals surface area contributed by atoms with Gasteiger partial charge in [-0.2, -0.15) is 0 Å². The van der Waals surface area contributed by atoms with Crippen molar-refractivity contribution in [2.24, 2.45) is 5.84 Å². The lowest BCUT2D eigenvalue weighted by molar-refractivity contribution is 0.102. The fourth-order valence-corrected chi connectivity index (χ4v) is 1.57. The van der Waals surface area contributed by atoms with Gasteiger partial charge in [0.2, 0.25) is 0 Å². The first-order valence-electron chi connectivity index (χ1n) is 5.71. The van der Waals surface area contributed by atoms with Crippen LogP contribution in [-0.4, -0.2) is 10.9 Å². The van der Waals surface area contributed by atoms with Crippen molar-refractivity contribution in [1.82, 2.24) is 4.98 Å². The number of aryl methyl sites for hydroxylation is 1. The van der Waals surface area contributed by atoms with Gasteiger partial charge >= 0.3 is 0 Å². The van der Waals surface area contributed by atoms with Crippen molar-refractivity contribution in [3.05, 3.63) is 53.2 Å². The van der Waals surface area contributed by atoms with Crippen molar-refractivity contribution in [1.29, 1.82) is 0 Å². The second-order valence-electron chi connectivity index (χ2n) is 4.13. The Balaban J connectivity index is 2.23. The Hall–Kier alpha value is -2.54. The van der Waals surface area contributed by atoms with Gasteiger partial charge in [0.1, 0.15) is 11.5 Å². The molecule has 20 heavy (non-hydrogen) atoms. The molecule has 1 aromatic carbocycles. The summed E-state index contributed by atoms with van der Waals surface area (Å²) in [5, 5.41) is 2.44. The van der Waals surface area contributed by atoms with E-state index in [0.717, 1.165) is 17.7 Å². The fourth-order valence-electron chi connectivity index (χ4n) is 1.57. The maximum absolute atomic E-state index is 13.5. The van der Waals surface area contributed by atoms with Crippen LogP contribution in [0.25, 0.3) is 0 Å². The second kappa shape index (κ2) is 5.62. The topological polar surface area (TPSA) is 80.0 Å². The number of nitrogen functional groups attached to an aromatic ring is 1. The Kier molecular flexibility index (Phi) is 3.90. The van der Waals surface area contributed by atoms with Crippen molar-refractivity contribution < 1.29 is 13.6 Å². The largest absolute Gasteiger partial charge is 0.319 e. The monoisotopic (exact) mass is 278 g/mol. The summed E-state index contributed by atoms with van der Waals surface area (Å²) in [6.07, 6.45) is 1.57. The predicted octanol–water partition coefficient (Wildman–Crippen LogP) is 2.21. The van der Waals surface area contributed by atoms with Gasteiger partial charge in [0.25, 0.3) is 5.91 Å². The van der Waals surface area contributed by atoms with Crippen molar-refractivity contribution in [3.8, 4) is 0 Å². The molecule has 1 heterocycles. The first-order valence-corrected chi connectivity index (χ1v) is 5.71. The number of pyridine rings is 1. The highest BCUT2D eigenvalue weighted by atomic mass is 19.1.